The molecule has 10 heteroatoms. The summed E-state index contributed by atoms with van der Waals surface area (Å²) in [5, 5.41) is 21.2. The minimum Gasteiger partial charge on any atom is -0.480 e. The van der Waals surface area contributed by atoms with Crippen LogP contribution in [0.5, 0.6) is 0 Å². The Hall–Kier alpha value is -4.18. The Morgan fingerprint density at radius 1 is 1.06 bits per heavy atom. The molecule has 0 spiro atoms. The van der Waals surface area contributed by atoms with Crippen molar-refractivity contribution in [3.05, 3.63) is 94.3 Å². The monoisotopic (exact) mass is 480 g/mol. The first-order valence-electron chi connectivity index (χ1n) is 10.8. The smallest absolute Gasteiger partial charge is 0.335 e. The average Bonchev–Trinajstić information content (AvgIpc) is 2.83. The summed E-state index contributed by atoms with van der Waals surface area (Å²) in [7, 11) is 0. The molecule has 182 valence electrons. The van der Waals surface area contributed by atoms with Crippen LogP contribution in [0.15, 0.2) is 54.9 Å². The number of carbonyl (C=O) groups is 3. The molecule has 3 rings (SSSR count). The van der Waals surface area contributed by atoms with E-state index in [4.69, 9.17) is 5.11 Å². The lowest BCUT2D eigenvalue weighted by Crippen LogP contribution is -2.32. The second-order valence-electron chi connectivity index (χ2n) is 8.06. The first kappa shape index (κ1) is 25.4. The Morgan fingerprint density at radius 3 is 2.40 bits per heavy atom. The molecule has 0 saturated carbocycles. The number of carboxylic acid groups (broad SMARTS) is 2. The summed E-state index contributed by atoms with van der Waals surface area (Å²) in [5.74, 6) is -2.86. The molecule has 0 fully saturated rings. The first-order chi connectivity index (χ1) is 16.6. The molecule has 9 nitrogen and oxygen atoms in total. The van der Waals surface area contributed by atoms with Crippen molar-refractivity contribution in [3.8, 4) is 0 Å². The number of rotatable bonds is 10. The number of aromatic carboxylic acids is 1. The number of amides is 1. The molecule has 3 aromatic rings. The van der Waals surface area contributed by atoms with E-state index in [0.29, 0.717) is 11.3 Å². The van der Waals surface area contributed by atoms with Gasteiger partial charge in [0.1, 0.15) is 17.8 Å². The lowest BCUT2D eigenvalue weighted by Gasteiger charge is -2.27. The first-order valence-corrected chi connectivity index (χ1v) is 10.8. The molecule has 1 amide bonds. The fourth-order valence-corrected chi connectivity index (χ4v) is 3.52. The number of benzene rings is 2. The predicted molar refractivity (Wildman–Crippen MR) is 124 cm³/mol. The van der Waals surface area contributed by atoms with Gasteiger partial charge in [-0.2, -0.15) is 0 Å². The maximum atomic E-state index is 13.4. The van der Waals surface area contributed by atoms with Gasteiger partial charge in [0.25, 0.3) is 5.91 Å². The van der Waals surface area contributed by atoms with E-state index in [1.807, 2.05) is 0 Å². The number of nitrogens with zero attached hydrogens (tertiary/aromatic N) is 3. The standard InChI is InChI=1S/C25H25FN4O5/c1-15-9-17(3-8-21(15)26)11-27-24(33)22-10-20(28-14-29-22)12-30(13-23(31)32)16(2)18-4-6-19(7-5-18)25(34)35/h3-10,14,16H,11-13H2,1-2H3,(H,27,33)(H,31,32)(H,34,35)/t16-/m0/s1. The Morgan fingerprint density at radius 2 is 1.77 bits per heavy atom. The van der Waals surface area contributed by atoms with Crippen LogP contribution in [-0.4, -0.2) is 49.5 Å². The van der Waals surface area contributed by atoms with Gasteiger partial charge < -0.3 is 15.5 Å². The number of carbonyl (C=O) groups excluding carboxylic acids is 1. The van der Waals surface area contributed by atoms with Gasteiger partial charge in [-0.25, -0.2) is 19.2 Å². The largest absolute Gasteiger partial charge is 0.480 e. The van der Waals surface area contributed by atoms with Crippen molar-refractivity contribution in [2.24, 2.45) is 0 Å². The Balaban J connectivity index is 1.72. The summed E-state index contributed by atoms with van der Waals surface area (Å²) in [6.07, 6.45) is 1.23. The van der Waals surface area contributed by atoms with Gasteiger partial charge in [0.05, 0.1) is 17.8 Å². The zero-order valence-corrected chi connectivity index (χ0v) is 19.2. The number of hydrogen-bond acceptors (Lipinski definition) is 6. The van der Waals surface area contributed by atoms with Crippen molar-refractivity contribution in [3.63, 3.8) is 0 Å². The van der Waals surface area contributed by atoms with Gasteiger partial charge in [-0.15, -0.1) is 0 Å². The maximum Gasteiger partial charge on any atom is 0.335 e. The molecule has 0 aliphatic carbocycles. The van der Waals surface area contributed by atoms with E-state index < -0.39 is 17.8 Å². The van der Waals surface area contributed by atoms with Crippen LogP contribution in [0.3, 0.4) is 0 Å². The molecule has 0 saturated heterocycles. The second-order valence-corrected chi connectivity index (χ2v) is 8.06. The molecule has 1 heterocycles. The van der Waals surface area contributed by atoms with E-state index in [0.717, 1.165) is 11.1 Å². The van der Waals surface area contributed by atoms with Gasteiger partial charge in [-0.05, 0) is 54.8 Å². The van der Waals surface area contributed by atoms with Crippen LogP contribution in [0.4, 0.5) is 4.39 Å². The number of aryl methyl sites for hydroxylation is 1. The fourth-order valence-electron chi connectivity index (χ4n) is 3.52. The quantitative estimate of drug-likeness (QED) is 0.403. The molecule has 1 aromatic heterocycles. The number of nitrogens with one attached hydrogen (secondary N) is 1. The molecule has 35 heavy (non-hydrogen) atoms. The van der Waals surface area contributed by atoms with Crippen LogP contribution in [-0.2, 0) is 17.9 Å². The molecule has 2 aromatic carbocycles. The van der Waals surface area contributed by atoms with Crippen LogP contribution in [0, 0.1) is 12.7 Å². The topological polar surface area (TPSA) is 133 Å². The molecular formula is C25H25FN4O5. The minimum atomic E-state index is -1.05. The Labute approximate surface area is 201 Å². The average molecular weight is 480 g/mol. The molecule has 0 aliphatic heterocycles. The second kappa shape index (κ2) is 11.3. The summed E-state index contributed by atoms with van der Waals surface area (Å²) < 4.78 is 13.4. The zero-order chi connectivity index (χ0) is 25.5. The highest BCUT2D eigenvalue weighted by Crippen LogP contribution is 2.22. The Bertz CT molecular complexity index is 1230. The van der Waals surface area contributed by atoms with Crippen LogP contribution in [0.2, 0.25) is 0 Å². The summed E-state index contributed by atoms with van der Waals surface area (Å²) in [6.45, 7) is 3.46. The summed E-state index contributed by atoms with van der Waals surface area (Å²) in [4.78, 5) is 45.0. The van der Waals surface area contributed by atoms with Crippen LogP contribution < -0.4 is 5.32 Å². The molecule has 0 aliphatic rings. The molecule has 0 radical (unpaired) electrons. The highest BCUT2D eigenvalue weighted by atomic mass is 19.1. The van der Waals surface area contributed by atoms with Crippen molar-refractivity contribution in [1.29, 1.82) is 0 Å². The van der Waals surface area contributed by atoms with Crippen molar-refractivity contribution >= 4 is 17.8 Å². The number of hydrogen-bond donors (Lipinski definition) is 3. The highest BCUT2D eigenvalue weighted by molar-refractivity contribution is 5.92. The van der Waals surface area contributed by atoms with Crippen LogP contribution in [0.1, 0.15) is 56.2 Å². The van der Waals surface area contributed by atoms with E-state index in [2.05, 4.69) is 15.3 Å². The molecule has 1 atom stereocenters. The number of aromatic nitrogens is 2. The van der Waals surface area contributed by atoms with Crippen molar-refractivity contribution in [1.82, 2.24) is 20.2 Å². The van der Waals surface area contributed by atoms with Gasteiger partial charge in [0, 0.05) is 19.1 Å². The highest BCUT2D eigenvalue weighted by Gasteiger charge is 2.21. The van der Waals surface area contributed by atoms with Gasteiger partial charge in [-0.3, -0.25) is 14.5 Å². The lowest BCUT2D eigenvalue weighted by atomic mass is 10.0. The van der Waals surface area contributed by atoms with E-state index in [9.17, 15) is 23.9 Å². The minimum absolute atomic E-state index is 0.113. The number of aliphatic carboxylic acids is 1. The molecule has 3 N–H and O–H groups in total. The third-order valence-electron chi connectivity index (χ3n) is 5.52. The van der Waals surface area contributed by atoms with Gasteiger partial charge in [0.2, 0.25) is 0 Å². The number of halogens is 1. The zero-order valence-electron chi connectivity index (χ0n) is 19.2. The van der Waals surface area contributed by atoms with E-state index >= 15 is 0 Å². The van der Waals surface area contributed by atoms with E-state index in [1.165, 1.54) is 30.6 Å². The van der Waals surface area contributed by atoms with Crippen LogP contribution in [0.25, 0.3) is 0 Å². The van der Waals surface area contributed by atoms with Crippen molar-refractivity contribution < 1.29 is 29.0 Å². The third-order valence-corrected chi connectivity index (χ3v) is 5.52. The number of carboxylic acids is 2. The van der Waals surface area contributed by atoms with Gasteiger partial charge in [-0.1, -0.05) is 24.3 Å². The summed E-state index contributed by atoms with van der Waals surface area (Å²) in [5.41, 5.74) is 2.64. The Kier molecular flexibility index (Phi) is 8.21. The maximum absolute atomic E-state index is 13.4. The van der Waals surface area contributed by atoms with Crippen LogP contribution >= 0.6 is 0 Å². The lowest BCUT2D eigenvalue weighted by molar-refractivity contribution is -0.139. The fraction of sp³-hybridized carbons (Fsp3) is 0.240. The normalized spacial score (nSPS) is 11.8. The van der Waals surface area contributed by atoms with Crippen molar-refractivity contribution in [2.45, 2.75) is 33.0 Å². The van der Waals surface area contributed by atoms with Gasteiger partial charge >= 0.3 is 11.9 Å². The summed E-state index contributed by atoms with van der Waals surface area (Å²) in [6, 6.07) is 11.9. The molecule has 0 unspecified atom stereocenters. The third kappa shape index (κ3) is 6.90. The molecular weight excluding hydrogens is 455 g/mol. The van der Waals surface area contributed by atoms with Gasteiger partial charge in [0.15, 0.2) is 0 Å². The predicted octanol–water partition coefficient (Wildman–Crippen LogP) is 3.20. The van der Waals surface area contributed by atoms with E-state index in [1.54, 1.807) is 43.0 Å². The van der Waals surface area contributed by atoms with Crippen molar-refractivity contribution in [2.75, 3.05) is 6.54 Å². The molecule has 0 bridgehead atoms. The SMILES string of the molecule is Cc1cc(CNC(=O)c2cc(CN(CC(=O)O)[C@@H](C)c3ccc(C(=O)O)cc3)ncn2)ccc1F. The van der Waals surface area contributed by atoms with E-state index in [-0.39, 0.29) is 42.8 Å². The summed E-state index contributed by atoms with van der Waals surface area (Å²) >= 11 is 0.